The molecule has 0 saturated heterocycles. The molecule has 0 aliphatic carbocycles. The Hall–Kier alpha value is -0.920. The predicted molar refractivity (Wildman–Crippen MR) is 98.9 cm³/mol. The molecule has 0 aliphatic rings. The van der Waals surface area contributed by atoms with Crippen molar-refractivity contribution in [2.75, 3.05) is 13.1 Å². The quantitative estimate of drug-likeness (QED) is 0.414. The first-order chi connectivity index (χ1) is 9.95. The van der Waals surface area contributed by atoms with Crippen LogP contribution in [0, 0.1) is 17.6 Å². The van der Waals surface area contributed by atoms with Crippen molar-refractivity contribution < 1.29 is 8.78 Å². The van der Waals surface area contributed by atoms with Gasteiger partial charge >= 0.3 is 0 Å². The van der Waals surface area contributed by atoms with E-state index in [1.807, 2.05) is 6.92 Å². The van der Waals surface area contributed by atoms with Crippen LogP contribution in [0.1, 0.15) is 33.3 Å². The summed E-state index contributed by atoms with van der Waals surface area (Å²) in [5.74, 6) is -0.402. The zero-order valence-electron chi connectivity index (χ0n) is 13.6. The standard InChI is InChI=1S/C16H25F2N3.HI/c1-5-19-16(21-12(4)11(2)3)20-10-9-13-7-6-8-14(17)15(13)18;/h6-8,11-12H,5,9-10H2,1-4H3,(H2,19,20,21);1H. The van der Waals surface area contributed by atoms with E-state index < -0.39 is 11.6 Å². The van der Waals surface area contributed by atoms with E-state index in [2.05, 4.69) is 36.4 Å². The summed E-state index contributed by atoms with van der Waals surface area (Å²) in [5.41, 5.74) is 0.353. The first-order valence-electron chi connectivity index (χ1n) is 7.43. The SMILES string of the molecule is CCNC(=NCCc1cccc(F)c1F)NC(C)C(C)C.I. The third-order valence-electron chi connectivity index (χ3n) is 3.39. The number of rotatable bonds is 6. The first kappa shape index (κ1) is 21.1. The molecule has 0 radical (unpaired) electrons. The predicted octanol–water partition coefficient (Wildman–Crippen LogP) is 3.72. The van der Waals surface area contributed by atoms with Gasteiger partial charge in [0, 0.05) is 19.1 Å². The fourth-order valence-electron chi connectivity index (χ4n) is 1.73. The van der Waals surface area contributed by atoms with Crippen LogP contribution in [-0.2, 0) is 6.42 Å². The fourth-order valence-corrected chi connectivity index (χ4v) is 1.73. The number of aliphatic imine (C=N–C) groups is 1. The lowest BCUT2D eigenvalue weighted by Crippen LogP contribution is -2.44. The number of guanidine groups is 1. The Morgan fingerprint density at radius 2 is 1.91 bits per heavy atom. The molecule has 6 heteroatoms. The van der Waals surface area contributed by atoms with Crippen LogP contribution in [0.15, 0.2) is 23.2 Å². The molecule has 0 amide bonds. The lowest BCUT2D eigenvalue weighted by atomic mass is 10.1. The smallest absolute Gasteiger partial charge is 0.191 e. The van der Waals surface area contributed by atoms with Gasteiger partial charge in [0.2, 0.25) is 0 Å². The van der Waals surface area contributed by atoms with Gasteiger partial charge in [-0.3, -0.25) is 4.99 Å². The van der Waals surface area contributed by atoms with E-state index in [4.69, 9.17) is 0 Å². The van der Waals surface area contributed by atoms with Crippen molar-refractivity contribution in [1.29, 1.82) is 0 Å². The summed E-state index contributed by atoms with van der Waals surface area (Å²) in [6.45, 7) is 9.49. The van der Waals surface area contributed by atoms with Gasteiger partial charge in [-0.05, 0) is 37.8 Å². The highest BCUT2D eigenvalue weighted by Gasteiger charge is 2.09. The minimum atomic E-state index is -0.810. The second kappa shape index (κ2) is 10.7. The largest absolute Gasteiger partial charge is 0.357 e. The third-order valence-corrected chi connectivity index (χ3v) is 3.39. The molecule has 22 heavy (non-hydrogen) atoms. The van der Waals surface area contributed by atoms with Gasteiger partial charge in [-0.1, -0.05) is 26.0 Å². The Bertz CT molecular complexity index is 478. The Balaban J connectivity index is 0.00000441. The van der Waals surface area contributed by atoms with E-state index in [1.54, 1.807) is 6.07 Å². The van der Waals surface area contributed by atoms with E-state index in [0.717, 1.165) is 12.6 Å². The number of halogens is 3. The van der Waals surface area contributed by atoms with Gasteiger partial charge in [-0.25, -0.2) is 8.78 Å². The van der Waals surface area contributed by atoms with Gasteiger partial charge < -0.3 is 10.6 Å². The molecule has 0 heterocycles. The summed E-state index contributed by atoms with van der Waals surface area (Å²) < 4.78 is 26.6. The van der Waals surface area contributed by atoms with Crippen LogP contribution in [0.3, 0.4) is 0 Å². The van der Waals surface area contributed by atoms with E-state index in [1.165, 1.54) is 6.07 Å². The van der Waals surface area contributed by atoms with Gasteiger partial charge in [-0.2, -0.15) is 0 Å². The lowest BCUT2D eigenvalue weighted by molar-refractivity contribution is 0.480. The molecule has 1 atom stereocenters. The lowest BCUT2D eigenvalue weighted by Gasteiger charge is -2.20. The maximum atomic E-state index is 13.5. The number of nitrogens with one attached hydrogen (secondary N) is 2. The Morgan fingerprint density at radius 1 is 1.23 bits per heavy atom. The maximum Gasteiger partial charge on any atom is 0.191 e. The van der Waals surface area contributed by atoms with Crippen LogP contribution in [0.25, 0.3) is 0 Å². The van der Waals surface area contributed by atoms with Crippen LogP contribution in [-0.4, -0.2) is 25.1 Å². The number of nitrogens with zero attached hydrogens (tertiary/aromatic N) is 1. The van der Waals surface area contributed by atoms with Crippen LogP contribution < -0.4 is 10.6 Å². The van der Waals surface area contributed by atoms with Crippen molar-refractivity contribution in [3.8, 4) is 0 Å². The number of benzene rings is 1. The molecule has 0 spiro atoms. The summed E-state index contributed by atoms with van der Waals surface area (Å²) in [7, 11) is 0. The molecule has 0 aromatic heterocycles. The van der Waals surface area contributed by atoms with Gasteiger partial charge in [0.15, 0.2) is 17.6 Å². The molecule has 126 valence electrons. The van der Waals surface area contributed by atoms with E-state index in [0.29, 0.717) is 30.4 Å². The van der Waals surface area contributed by atoms with Crippen LogP contribution in [0.5, 0.6) is 0 Å². The van der Waals surface area contributed by atoms with E-state index in [-0.39, 0.29) is 30.0 Å². The van der Waals surface area contributed by atoms with Crippen molar-refractivity contribution in [1.82, 2.24) is 10.6 Å². The Labute approximate surface area is 149 Å². The van der Waals surface area contributed by atoms with E-state index >= 15 is 0 Å². The highest BCUT2D eigenvalue weighted by Crippen LogP contribution is 2.11. The normalized spacial score (nSPS) is 12.8. The van der Waals surface area contributed by atoms with Gasteiger partial charge in [0.1, 0.15) is 0 Å². The monoisotopic (exact) mass is 425 g/mol. The van der Waals surface area contributed by atoms with Crippen LogP contribution >= 0.6 is 24.0 Å². The fraction of sp³-hybridized carbons (Fsp3) is 0.562. The van der Waals surface area contributed by atoms with Crippen molar-refractivity contribution in [3.05, 3.63) is 35.4 Å². The number of hydrogen-bond donors (Lipinski definition) is 2. The second-order valence-electron chi connectivity index (χ2n) is 5.40. The first-order valence-corrected chi connectivity index (χ1v) is 7.43. The highest BCUT2D eigenvalue weighted by molar-refractivity contribution is 14.0. The molecule has 2 N–H and O–H groups in total. The topological polar surface area (TPSA) is 36.4 Å². The Morgan fingerprint density at radius 3 is 2.50 bits per heavy atom. The molecule has 1 rings (SSSR count). The maximum absolute atomic E-state index is 13.5. The van der Waals surface area contributed by atoms with Crippen molar-refractivity contribution in [3.63, 3.8) is 0 Å². The third kappa shape index (κ3) is 6.89. The van der Waals surface area contributed by atoms with Gasteiger partial charge in [0.25, 0.3) is 0 Å². The molecule has 0 fully saturated rings. The van der Waals surface area contributed by atoms with E-state index in [9.17, 15) is 8.78 Å². The summed E-state index contributed by atoms with van der Waals surface area (Å²) in [6, 6.07) is 4.51. The molecule has 0 saturated carbocycles. The molecular formula is C16H26F2IN3. The van der Waals surface area contributed by atoms with Gasteiger partial charge in [0.05, 0.1) is 0 Å². The van der Waals surface area contributed by atoms with Crippen molar-refractivity contribution >= 4 is 29.9 Å². The Kier molecular flexibility index (Phi) is 10.3. The zero-order valence-corrected chi connectivity index (χ0v) is 15.9. The van der Waals surface area contributed by atoms with Gasteiger partial charge in [-0.15, -0.1) is 24.0 Å². The molecule has 1 aromatic carbocycles. The number of hydrogen-bond acceptors (Lipinski definition) is 1. The molecule has 3 nitrogen and oxygen atoms in total. The molecule has 0 bridgehead atoms. The highest BCUT2D eigenvalue weighted by atomic mass is 127. The zero-order chi connectivity index (χ0) is 15.8. The summed E-state index contributed by atoms with van der Waals surface area (Å²) in [4.78, 5) is 4.41. The minimum Gasteiger partial charge on any atom is -0.357 e. The average Bonchev–Trinajstić information content (AvgIpc) is 2.43. The molecular weight excluding hydrogens is 399 g/mol. The van der Waals surface area contributed by atoms with Crippen LogP contribution in [0.4, 0.5) is 8.78 Å². The molecule has 1 aromatic rings. The minimum absolute atomic E-state index is 0. The summed E-state index contributed by atoms with van der Waals surface area (Å²) >= 11 is 0. The van der Waals surface area contributed by atoms with Crippen molar-refractivity contribution in [2.45, 2.75) is 40.2 Å². The average molecular weight is 425 g/mol. The summed E-state index contributed by atoms with van der Waals surface area (Å²) in [5, 5.41) is 6.45. The van der Waals surface area contributed by atoms with Crippen molar-refractivity contribution in [2.24, 2.45) is 10.9 Å². The second-order valence-corrected chi connectivity index (χ2v) is 5.40. The molecule has 1 unspecified atom stereocenters. The van der Waals surface area contributed by atoms with Crippen LogP contribution in [0.2, 0.25) is 0 Å². The summed E-state index contributed by atoms with van der Waals surface area (Å²) in [6.07, 6.45) is 0.371. The molecule has 0 aliphatic heterocycles.